The Morgan fingerprint density at radius 2 is 1.94 bits per heavy atom. The summed E-state index contributed by atoms with van der Waals surface area (Å²) in [6, 6.07) is 4.78. The van der Waals surface area contributed by atoms with Gasteiger partial charge in [0.15, 0.2) is 0 Å². The average Bonchev–Trinajstić information content (AvgIpc) is 2.23. The lowest BCUT2D eigenvalue weighted by Gasteiger charge is -2.14. The van der Waals surface area contributed by atoms with Crippen LogP contribution in [0.5, 0.6) is 0 Å². The Balaban J connectivity index is 2.62. The zero-order valence-corrected chi connectivity index (χ0v) is 11.0. The van der Waals surface area contributed by atoms with E-state index in [1.54, 1.807) is 25.2 Å². The molecule has 0 aliphatic carbocycles. The van der Waals surface area contributed by atoms with Gasteiger partial charge in [-0.1, -0.05) is 23.2 Å². The van der Waals surface area contributed by atoms with E-state index in [0.717, 1.165) is 0 Å². The summed E-state index contributed by atoms with van der Waals surface area (Å²) in [6.07, 6.45) is 0. The maximum atomic E-state index is 11.5. The SMILES string of the molecule is CC(=O)N(C)CC(=O)Nc1ccc(Cl)c(Cl)c1. The van der Waals surface area contributed by atoms with E-state index < -0.39 is 0 Å². The van der Waals surface area contributed by atoms with Crippen molar-refractivity contribution in [3.8, 4) is 0 Å². The third kappa shape index (κ3) is 4.24. The van der Waals surface area contributed by atoms with Gasteiger partial charge >= 0.3 is 0 Å². The Kier molecular flexibility index (Phi) is 4.78. The summed E-state index contributed by atoms with van der Waals surface area (Å²) in [5.74, 6) is -0.463. The van der Waals surface area contributed by atoms with Gasteiger partial charge in [0.1, 0.15) is 0 Å². The first-order valence-electron chi connectivity index (χ1n) is 4.86. The van der Waals surface area contributed by atoms with Gasteiger partial charge < -0.3 is 10.2 Å². The van der Waals surface area contributed by atoms with Gasteiger partial charge in [0.2, 0.25) is 11.8 Å². The third-order valence-electron chi connectivity index (χ3n) is 2.12. The first-order chi connectivity index (χ1) is 7.90. The molecule has 0 aromatic heterocycles. The lowest BCUT2D eigenvalue weighted by molar-refractivity contribution is -0.131. The first kappa shape index (κ1) is 13.8. The molecule has 0 atom stereocenters. The molecule has 4 nitrogen and oxygen atoms in total. The van der Waals surface area contributed by atoms with Crippen molar-refractivity contribution in [2.24, 2.45) is 0 Å². The minimum atomic E-state index is -0.291. The Bertz CT molecular complexity index is 449. The van der Waals surface area contributed by atoms with Gasteiger partial charge in [0.05, 0.1) is 16.6 Å². The molecule has 2 amide bonds. The quantitative estimate of drug-likeness (QED) is 0.920. The molecule has 0 aliphatic heterocycles. The standard InChI is InChI=1S/C11H12Cl2N2O2/c1-7(16)15(2)6-11(17)14-8-3-4-9(12)10(13)5-8/h3-5H,6H2,1-2H3,(H,14,17). The smallest absolute Gasteiger partial charge is 0.243 e. The van der Waals surface area contributed by atoms with Crippen LogP contribution < -0.4 is 5.32 Å². The van der Waals surface area contributed by atoms with Crippen LogP contribution in [-0.4, -0.2) is 30.3 Å². The number of rotatable bonds is 3. The molecule has 0 spiro atoms. The molecule has 17 heavy (non-hydrogen) atoms. The number of nitrogens with one attached hydrogen (secondary N) is 1. The number of hydrogen-bond acceptors (Lipinski definition) is 2. The minimum absolute atomic E-state index is 0.00439. The fraction of sp³-hybridized carbons (Fsp3) is 0.273. The van der Waals surface area contributed by atoms with Crippen molar-refractivity contribution in [2.45, 2.75) is 6.92 Å². The molecule has 1 aromatic rings. The van der Waals surface area contributed by atoms with Crippen molar-refractivity contribution in [1.82, 2.24) is 4.90 Å². The van der Waals surface area contributed by atoms with Crippen LogP contribution in [0.4, 0.5) is 5.69 Å². The predicted octanol–water partition coefficient (Wildman–Crippen LogP) is 2.41. The second-order valence-electron chi connectivity index (χ2n) is 3.55. The second-order valence-corrected chi connectivity index (χ2v) is 4.37. The summed E-state index contributed by atoms with van der Waals surface area (Å²) in [5.41, 5.74) is 0.543. The van der Waals surface area contributed by atoms with Crippen molar-refractivity contribution >= 4 is 40.7 Å². The fourth-order valence-electron chi connectivity index (χ4n) is 1.10. The normalized spacial score (nSPS) is 9.88. The summed E-state index contributed by atoms with van der Waals surface area (Å²) in [6.45, 7) is 1.39. The monoisotopic (exact) mass is 274 g/mol. The van der Waals surface area contributed by atoms with Gasteiger partial charge in [-0.25, -0.2) is 0 Å². The summed E-state index contributed by atoms with van der Waals surface area (Å²) >= 11 is 11.6. The van der Waals surface area contributed by atoms with Crippen LogP contribution in [0.15, 0.2) is 18.2 Å². The number of amides is 2. The van der Waals surface area contributed by atoms with E-state index in [1.165, 1.54) is 11.8 Å². The highest BCUT2D eigenvalue weighted by atomic mass is 35.5. The number of carbonyl (C=O) groups excluding carboxylic acids is 2. The number of halogens is 2. The highest BCUT2D eigenvalue weighted by Gasteiger charge is 2.09. The highest BCUT2D eigenvalue weighted by molar-refractivity contribution is 6.42. The van der Waals surface area contributed by atoms with E-state index in [9.17, 15) is 9.59 Å². The summed E-state index contributed by atoms with van der Waals surface area (Å²) in [4.78, 5) is 23.8. The van der Waals surface area contributed by atoms with Gasteiger partial charge in [0.25, 0.3) is 0 Å². The van der Waals surface area contributed by atoms with Crippen molar-refractivity contribution in [2.75, 3.05) is 18.9 Å². The fourth-order valence-corrected chi connectivity index (χ4v) is 1.40. The molecule has 1 rings (SSSR count). The van der Waals surface area contributed by atoms with E-state index in [4.69, 9.17) is 23.2 Å². The van der Waals surface area contributed by atoms with Crippen LogP contribution in [0.2, 0.25) is 10.0 Å². The van der Waals surface area contributed by atoms with Crippen LogP contribution in [0.3, 0.4) is 0 Å². The van der Waals surface area contributed by atoms with Gasteiger partial charge in [-0.05, 0) is 18.2 Å². The van der Waals surface area contributed by atoms with Gasteiger partial charge in [-0.15, -0.1) is 0 Å². The lowest BCUT2D eigenvalue weighted by Crippen LogP contribution is -2.33. The van der Waals surface area contributed by atoms with E-state index in [0.29, 0.717) is 15.7 Å². The van der Waals surface area contributed by atoms with Gasteiger partial charge in [-0.2, -0.15) is 0 Å². The molecule has 0 aliphatic rings. The van der Waals surface area contributed by atoms with Crippen molar-refractivity contribution in [3.05, 3.63) is 28.2 Å². The maximum absolute atomic E-state index is 11.5. The van der Waals surface area contributed by atoms with E-state index in [2.05, 4.69) is 5.32 Å². The number of carbonyl (C=O) groups is 2. The Morgan fingerprint density at radius 1 is 1.29 bits per heavy atom. The Morgan fingerprint density at radius 3 is 2.47 bits per heavy atom. The summed E-state index contributed by atoms with van der Waals surface area (Å²) in [5, 5.41) is 3.41. The number of benzene rings is 1. The van der Waals surface area contributed by atoms with Crippen LogP contribution in [0, 0.1) is 0 Å². The summed E-state index contributed by atoms with van der Waals surface area (Å²) < 4.78 is 0. The van der Waals surface area contributed by atoms with E-state index in [-0.39, 0.29) is 18.4 Å². The first-order valence-corrected chi connectivity index (χ1v) is 5.62. The second kappa shape index (κ2) is 5.89. The molecule has 0 saturated heterocycles. The van der Waals surface area contributed by atoms with Crippen molar-refractivity contribution in [1.29, 1.82) is 0 Å². The Labute approximate surface area is 109 Å². The predicted molar refractivity (Wildman–Crippen MR) is 68.4 cm³/mol. The molecule has 0 radical (unpaired) electrons. The zero-order valence-electron chi connectivity index (χ0n) is 9.46. The average molecular weight is 275 g/mol. The third-order valence-corrected chi connectivity index (χ3v) is 2.86. The minimum Gasteiger partial charge on any atom is -0.337 e. The number of anilines is 1. The topological polar surface area (TPSA) is 49.4 Å². The van der Waals surface area contributed by atoms with Crippen LogP contribution in [-0.2, 0) is 9.59 Å². The molecule has 0 fully saturated rings. The molecular weight excluding hydrogens is 263 g/mol. The molecule has 0 bridgehead atoms. The molecule has 1 aromatic carbocycles. The lowest BCUT2D eigenvalue weighted by atomic mass is 10.3. The number of hydrogen-bond donors (Lipinski definition) is 1. The highest BCUT2D eigenvalue weighted by Crippen LogP contribution is 2.24. The summed E-state index contributed by atoms with van der Waals surface area (Å²) in [7, 11) is 1.55. The van der Waals surface area contributed by atoms with Gasteiger partial charge in [-0.3, -0.25) is 9.59 Å². The van der Waals surface area contributed by atoms with Crippen molar-refractivity contribution < 1.29 is 9.59 Å². The Hall–Kier alpha value is -1.26. The van der Waals surface area contributed by atoms with Gasteiger partial charge in [0, 0.05) is 19.7 Å². The molecule has 0 saturated carbocycles. The molecular formula is C11H12Cl2N2O2. The molecule has 0 unspecified atom stereocenters. The van der Waals surface area contributed by atoms with E-state index in [1.807, 2.05) is 0 Å². The van der Waals surface area contributed by atoms with Crippen LogP contribution >= 0.6 is 23.2 Å². The van der Waals surface area contributed by atoms with Crippen molar-refractivity contribution in [3.63, 3.8) is 0 Å². The van der Waals surface area contributed by atoms with Crippen LogP contribution in [0.25, 0.3) is 0 Å². The van der Waals surface area contributed by atoms with Crippen LogP contribution in [0.1, 0.15) is 6.92 Å². The zero-order chi connectivity index (χ0) is 13.0. The number of likely N-dealkylation sites (N-methyl/N-ethyl adjacent to an activating group) is 1. The molecule has 1 N–H and O–H groups in total. The molecule has 0 heterocycles. The molecule has 92 valence electrons. The largest absolute Gasteiger partial charge is 0.337 e. The number of nitrogens with zero attached hydrogens (tertiary/aromatic N) is 1. The van der Waals surface area contributed by atoms with E-state index >= 15 is 0 Å². The maximum Gasteiger partial charge on any atom is 0.243 e. The molecule has 6 heteroatoms.